The molecule has 3 N–H and O–H groups in total. The van der Waals surface area contributed by atoms with E-state index in [1.54, 1.807) is 0 Å². The number of rotatable bonds is 6. The summed E-state index contributed by atoms with van der Waals surface area (Å²) >= 11 is 0. The van der Waals surface area contributed by atoms with Crippen LogP contribution in [0.15, 0.2) is 0 Å². The highest BCUT2D eigenvalue weighted by atomic mass is 16.1. The molecule has 1 aliphatic rings. The highest BCUT2D eigenvalue weighted by molar-refractivity contribution is 5.76. The first-order valence-corrected chi connectivity index (χ1v) is 7.59. The highest BCUT2D eigenvalue weighted by Gasteiger charge is 2.28. The maximum atomic E-state index is 12.0. The molecule has 0 heterocycles. The molecule has 0 bridgehead atoms. The van der Waals surface area contributed by atoms with E-state index in [0.717, 1.165) is 19.3 Å². The fourth-order valence-electron chi connectivity index (χ4n) is 3.11. The largest absolute Gasteiger partial charge is 0.353 e. The number of carbonyl (C=O) groups excluding carboxylic acids is 1. The maximum Gasteiger partial charge on any atom is 0.221 e. The summed E-state index contributed by atoms with van der Waals surface area (Å²) < 4.78 is 0. The molecule has 0 aromatic heterocycles. The molecule has 0 aromatic carbocycles. The molecule has 0 saturated heterocycles. The van der Waals surface area contributed by atoms with Crippen LogP contribution in [0.3, 0.4) is 0 Å². The number of carbonyl (C=O) groups is 1. The van der Waals surface area contributed by atoms with E-state index in [9.17, 15) is 4.79 Å². The van der Waals surface area contributed by atoms with Crippen molar-refractivity contribution < 1.29 is 4.79 Å². The Labute approximate surface area is 112 Å². The van der Waals surface area contributed by atoms with Crippen LogP contribution in [-0.4, -0.2) is 18.0 Å². The number of hydrogen-bond donors (Lipinski definition) is 2. The van der Waals surface area contributed by atoms with E-state index in [-0.39, 0.29) is 11.9 Å². The molecule has 1 rings (SSSR count). The van der Waals surface area contributed by atoms with Gasteiger partial charge in [0, 0.05) is 18.5 Å². The number of amides is 1. The number of nitrogens with one attached hydrogen (secondary N) is 1. The summed E-state index contributed by atoms with van der Waals surface area (Å²) in [5, 5.41) is 3.22. The molecule has 1 aliphatic carbocycles. The monoisotopic (exact) mass is 254 g/mol. The van der Waals surface area contributed by atoms with Crippen molar-refractivity contribution in [2.24, 2.45) is 17.6 Å². The van der Waals surface area contributed by atoms with Crippen molar-refractivity contribution in [3.05, 3.63) is 0 Å². The molecule has 0 spiro atoms. The Kier molecular flexibility index (Phi) is 6.69. The average Bonchev–Trinajstić information content (AvgIpc) is 2.29. The first-order valence-electron chi connectivity index (χ1n) is 7.59. The van der Waals surface area contributed by atoms with Gasteiger partial charge in [0.05, 0.1) is 0 Å². The Bertz CT molecular complexity index is 253. The van der Waals surface area contributed by atoms with Crippen LogP contribution in [0.5, 0.6) is 0 Å². The van der Waals surface area contributed by atoms with Crippen molar-refractivity contribution in [3.63, 3.8) is 0 Å². The van der Waals surface area contributed by atoms with Gasteiger partial charge in [0.25, 0.3) is 0 Å². The Morgan fingerprint density at radius 3 is 2.61 bits per heavy atom. The summed E-state index contributed by atoms with van der Waals surface area (Å²) in [5.74, 6) is 1.44. The molecule has 1 amide bonds. The van der Waals surface area contributed by atoms with Crippen molar-refractivity contribution >= 4 is 5.91 Å². The maximum absolute atomic E-state index is 12.0. The second kappa shape index (κ2) is 7.78. The van der Waals surface area contributed by atoms with Crippen molar-refractivity contribution in [1.82, 2.24) is 5.32 Å². The molecule has 3 nitrogen and oxygen atoms in total. The van der Waals surface area contributed by atoms with Gasteiger partial charge in [0.15, 0.2) is 0 Å². The van der Waals surface area contributed by atoms with Crippen molar-refractivity contribution in [3.8, 4) is 0 Å². The standard InChI is InChI=1S/C15H30N2O/c1-4-7-12(16)10-15(18)17-14-9-6-5-8-13(14)11(2)3/h11-14H,4-10,16H2,1-3H3,(H,17,18). The predicted molar refractivity (Wildman–Crippen MR) is 76.2 cm³/mol. The van der Waals surface area contributed by atoms with Gasteiger partial charge in [0.1, 0.15) is 0 Å². The van der Waals surface area contributed by atoms with Crippen molar-refractivity contribution in [2.45, 2.75) is 77.8 Å². The fourth-order valence-corrected chi connectivity index (χ4v) is 3.11. The molecule has 3 heteroatoms. The van der Waals surface area contributed by atoms with E-state index in [4.69, 9.17) is 5.73 Å². The average molecular weight is 254 g/mol. The first kappa shape index (κ1) is 15.5. The van der Waals surface area contributed by atoms with Crippen LogP contribution in [0.4, 0.5) is 0 Å². The Morgan fingerprint density at radius 2 is 2.00 bits per heavy atom. The zero-order valence-electron chi connectivity index (χ0n) is 12.2. The molecule has 1 saturated carbocycles. The molecule has 18 heavy (non-hydrogen) atoms. The number of nitrogens with two attached hydrogens (primary N) is 1. The third-order valence-electron chi connectivity index (χ3n) is 4.13. The minimum Gasteiger partial charge on any atom is -0.353 e. The first-order chi connectivity index (χ1) is 8.54. The Morgan fingerprint density at radius 1 is 1.33 bits per heavy atom. The van der Waals surface area contributed by atoms with Crippen LogP contribution in [0, 0.1) is 11.8 Å². The van der Waals surface area contributed by atoms with Gasteiger partial charge in [-0.05, 0) is 31.1 Å². The fraction of sp³-hybridized carbons (Fsp3) is 0.933. The molecule has 0 aliphatic heterocycles. The van der Waals surface area contributed by atoms with Crippen LogP contribution in [0.1, 0.15) is 65.7 Å². The summed E-state index contributed by atoms with van der Waals surface area (Å²) in [7, 11) is 0. The minimum atomic E-state index is 0.0242. The third kappa shape index (κ3) is 4.97. The second-order valence-electron chi connectivity index (χ2n) is 6.12. The molecule has 106 valence electrons. The van der Waals surface area contributed by atoms with E-state index in [1.807, 2.05) is 0 Å². The third-order valence-corrected chi connectivity index (χ3v) is 4.13. The van der Waals surface area contributed by atoms with Crippen molar-refractivity contribution in [2.75, 3.05) is 0 Å². The summed E-state index contributed by atoms with van der Waals surface area (Å²) in [6, 6.07) is 0.399. The van der Waals surface area contributed by atoms with E-state index < -0.39 is 0 Å². The van der Waals surface area contributed by atoms with E-state index in [1.165, 1.54) is 19.3 Å². The lowest BCUT2D eigenvalue weighted by Crippen LogP contribution is -2.45. The summed E-state index contributed by atoms with van der Waals surface area (Å²) in [4.78, 5) is 12.0. The molecule has 1 fully saturated rings. The predicted octanol–water partition coefficient (Wildman–Crippen LogP) is 2.83. The van der Waals surface area contributed by atoms with E-state index >= 15 is 0 Å². The topological polar surface area (TPSA) is 55.1 Å². The Balaban J connectivity index is 2.41. The number of hydrogen-bond acceptors (Lipinski definition) is 2. The molecular formula is C15H30N2O. The van der Waals surface area contributed by atoms with Crippen LogP contribution >= 0.6 is 0 Å². The summed E-state index contributed by atoms with van der Waals surface area (Å²) in [6.07, 6.45) is 7.41. The lowest BCUT2D eigenvalue weighted by Gasteiger charge is -2.35. The molecule has 0 radical (unpaired) electrons. The Hall–Kier alpha value is -0.570. The smallest absolute Gasteiger partial charge is 0.221 e. The molecular weight excluding hydrogens is 224 g/mol. The molecule has 3 unspecified atom stereocenters. The van der Waals surface area contributed by atoms with Crippen LogP contribution in [0.25, 0.3) is 0 Å². The van der Waals surface area contributed by atoms with E-state index in [2.05, 4.69) is 26.1 Å². The molecule has 3 atom stereocenters. The SMILES string of the molecule is CCCC(N)CC(=O)NC1CCCCC1C(C)C. The van der Waals surface area contributed by atoms with Gasteiger partial charge in [-0.25, -0.2) is 0 Å². The lowest BCUT2D eigenvalue weighted by molar-refractivity contribution is -0.122. The van der Waals surface area contributed by atoms with E-state index in [0.29, 0.717) is 24.3 Å². The molecule has 0 aromatic rings. The van der Waals surface area contributed by atoms with Gasteiger partial charge >= 0.3 is 0 Å². The van der Waals surface area contributed by atoms with Gasteiger partial charge in [-0.1, -0.05) is 40.0 Å². The summed E-state index contributed by atoms with van der Waals surface area (Å²) in [6.45, 7) is 6.63. The lowest BCUT2D eigenvalue weighted by atomic mass is 9.78. The normalized spacial score (nSPS) is 26.1. The second-order valence-corrected chi connectivity index (χ2v) is 6.12. The quantitative estimate of drug-likeness (QED) is 0.766. The highest BCUT2D eigenvalue weighted by Crippen LogP contribution is 2.30. The minimum absolute atomic E-state index is 0.0242. The van der Waals surface area contributed by atoms with Gasteiger partial charge in [-0.15, -0.1) is 0 Å². The van der Waals surface area contributed by atoms with Gasteiger partial charge < -0.3 is 11.1 Å². The van der Waals surface area contributed by atoms with Gasteiger partial charge in [0.2, 0.25) is 5.91 Å². The zero-order chi connectivity index (χ0) is 13.5. The van der Waals surface area contributed by atoms with Crippen LogP contribution < -0.4 is 11.1 Å². The van der Waals surface area contributed by atoms with Crippen molar-refractivity contribution in [1.29, 1.82) is 0 Å². The van der Waals surface area contributed by atoms with Crippen LogP contribution in [-0.2, 0) is 4.79 Å². The van der Waals surface area contributed by atoms with Gasteiger partial charge in [-0.3, -0.25) is 4.79 Å². The van der Waals surface area contributed by atoms with Crippen LogP contribution in [0.2, 0.25) is 0 Å². The summed E-state index contributed by atoms with van der Waals surface area (Å²) in [5.41, 5.74) is 5.92. The zero-order valence-corrected chi connectivity index (χ0v) is 12.2. The van der Waals surface area contributed by atoms with Gasteiger partial charge in [-0.2, -0.15) is 0 Å².